The molecule has 5 rings (SSSR count). The highest BCUT2D eigenvalue weighted by Crippen LogP contribution is 2.28. The van der Waals surface area contributed by atoms with Crippen molar-refractivity contribution in [3.63, 3.8) is 0 Å². The predicted octanol–water partition coefficient (Wildman–Crippen LogP) is 6.95. The van der Waals surface area contributed by atoms with E-state index in [1.165, 1.54) is 6.07 Å². The third-order valence-electron chi connectivity index (χ3n) is 6.77. The van der Waals surface area contributed by atoms with Gasteiger partial charge in [-0.25, -0.2) is 9.18 Å². The van der Waals surface area contributed by atoms with Gasteiger partial charge in [-0.2, -0.15) is 5.10 Å². The summed E-state index contributed by atoms with van der Waals surface area (Å²) in [4.78, 5) is 36.3. The molecule has 0 saturated heterocycles. The number of nitrogens with zero attached hydrogens (tertiary/aromatic N) is 1. The molecule has 0 aliphatic carbocycles. The molecule has 224 valence electrons. The third-order valence-corrected chi connectivity index (χ3v) is 6.77. The van der Waals surface area contributed by atoms with Crippen molar-refractivity contribution in [3.8, 4) is 33.8 Å². The number of ether oxygens (including phenoxy) is 1. The molecule has 3 N–H and O–H groups in total. The maximum Gasteiger partial charge on any atom is 0.411 e. The van der Waals surface area contributed by atoms with Crippen molar-refractivity contribution in [1.29, 1.82) is 0 Å². The molecule has 0 radical (unpaired) electrons. The predicted molar refractivity (Wildman–Crippen MR) is 165 cm³/mol. The lowest BCUT2D eigenvalue weighted by molar-refractivity contribution is -0.109. The number of aldehydes is 1. The van der Waals surface area contributed by atoms with Crippen LogP contribution in [-0.4, -0.2) is 40.6 Å². The van der Waals surface area contributed by atoms with E-state index in [4.69, 9.17) is 9.15 Å². The second-order valence-corrected chi connectivity index (χ2v) is 10.6. The normalized spacial score (nSPS) is 11.7. The summed E-state index contributed by atoms with van der Waals surface area (Å²) in [7, 11) is 0. The van der Waals surface area contributed by atoms with Gasteiger partial charge in [0.25, 0.3) is 5.91 Å². The molecule has 2 aromatic heterocycles. The van der Waals surface area contributed by atoms with Crippen molar-refractivity contribution in [1.82, 2.24) is 15.5 Å². The van der Waals surface area contributed by atoms with Crippen molar-refractivity contribution in [2.24, 2.45) is 0 Å². The lowest BCUT2D eigenvalue weighted by Crippen LogP contribution is -2.37. The number of anilines is 1. The van der Waals surface area contributed by atoms with Crippen LogP contribution in [0.3, 0.4) is 0 Å². The summed E-state index contributed by atoms with van der Waals surface area (Å²) in [5.74, 6) is -0.452. The number of aryl methyl sites for hydroxylation is 1. The summed E-state index contributed by atoms with van der Waals surface area (Å²) >= 11 is 0. The average Bonchev–Trinajstić information content (AvgIpc) is 3.68. The zero-order chi connectivity index (χ0) is 31.2. The van der Waals surface area contributed by atoms with Crippen LogP contribution in [0.2, 0.25) is 0 Å². The van der Waals surface area contributed by atoms with Gasteiger partial charge in [-0.3, -0.25) is 15.2 Å². The number of hydrogen-bond acceptors (Lipinski definition) is 6. The number of aromatic nitrogens is 2. The highest BCUT2D eigenvalue weighted by molar-refractivity contribution is 5.93. The Morgan fingerprint density at radius 3 is 2.39 bits per heavy atom. The molecule has 0 fully saturated rings. The van der Waals surface area contributed by atoms with Crippen LogP contribution in [0, 0.1) is 12.7 Å². The number of halogens is 1. The summed E-state index contributed by atoms with van der Waals surface area (Å²) in [5, 5.41) is 12.5. The van der Waals surface area contributed by atoms with Gasteiger partial charge in [0.05, 0.1) is 23.5 Å². The summed E-state index contributed by atoms with van der Waals surface area (Å²) < 4.78 is 26.0. The van der Waals surface area contributed by atoms with Gasteiger partial charge in [0.2, 0.25) is 0 Å². The van der Waals surface area contributed by atoms with E-state index in [-0.39, 0.29) is 23.8 Å². The van der Waals surface area contributed by atoms with Crippen molar-refractivity contribution in [2.45, 2.75) is 39.3 Å². The minimum atomic E-state index is -0.887. The zero-order valence-electron chi connectivity index (χ0n) is 24.4. The molecular formula is C34H31FN4O5. The summed E-state index contributed by atoms with van der Waals surface area (Å²) in [6.07, 6.45) is -0.0657. The summed E-state index contributed by atoms with van der Waals surface area (Å²) in [5.41, 5.74) is 5.15. The number of amides is 2. The molecule has 2 amide bonds. The molecule has 0 aliphatic rings. The second kappa shape index (κ2) is 13.2. The molecule has 1 atom stereocenters. The Morgan fingerprint density at radius 2 is 1.70 bits per heavy atom. The molecule has 3 aromatic carbocycles. The first kappa shape index (κ1) is 30.0. The Kier molecular flexibility index (Phi) is 8.99. The Balaban J connectivity index is 1.21. The number of rotatable bonds is 10. The molecule has 10 heteroatoms. The molecule has 2 heterocycles. The number of benzene rings is 3. The van der Waals surface area contributed by atoms with E-state index in [9.17, 15) is 14.4 Å². The van der Waals surface area contributed by atoms with E-state index >= 15 is 4.39 Å². The Bertz CT molecular complexity index is 1770. The molecular weight excluding hydrogens is 563 g/mol. The van der Waals surface area contributed by atoms with Crippen LogP contribution in [0.1, 0.15) is 35.5 Å². The Morgan fingerprint density at radius 1 is 0.977 bits per heavy atom. The third kappa shape index (κ3) is 7.27. The quantitative estimate of drug-likeness (QED) is 0.150. The lowest BCUT2D eigenvalue weighted by atomic mass is 10.0. The van der Waals surface area contributed by atoms with Crippen LogP contribution in [0.25, 0.3) is 33.8 Å². The van der Waals surface area contributed by atoms with Crippen LogP contribution in [-0.2, 0) is 16.0 Å². The van der Waals surface area contributed by atoms with Crippen LogP contribution < -0.4 is 10.6 Å². The topological polar surface area (TPSA) is 126 Å². The van der Waals surface area contributed by atoms with E-state index in [0.29, 0.717) is 34.7 Å². The van der Waals surface area contributed by atoms with E-state index < -0.39 is 23.9 Å². The summed E-state index contributed by atoms with van der Waals surface area (Å²) in [6, 6.07) is 23.4. The van der Waals surface area contributed by atoms with Gasteiger partial charge in [-0.1, -0.05) is 48.0 Å². The Hall–Kier alpha value is -5.51. The van der Waals surface area contributed by atoms with Crippen LogP contribution in [0.5, 0.6) is 0 Å². The molecule has 9 nitrogen and oxygen atoms in total. The number of carbonyl (C=O) groups is 3. The SMILES string of the molecule is Cc1ccc(-c2ccc(C(=O)N[C@@H](C=O)Cc3ccc(-c4cc(-c5ccc(NC(=O)OC(C)C)cc5)[nH]n4)c(F)c3)o2)cc1. The standard InChI is InChI=1S/C34H31FN4O5/c1-20(2)43-34(42)37-25-11-9-23(10-12-25)29-18-30(39-38-29)27-13-6-22(17-28(27)35)16-26(19-40)36-33(41)32-15-14-31(44-32)24-7-4-21(3)5-8-24/h4-15,17-20,26H,16H2,1-3H3,(H,36,41)(H,37,42)(H,38,39)/t26-/m1/s1. The number of carbonyl (C=O) groups excluding carboxylic acids is 3. The van der Waals surface area contributed by atoms with Crippen molar-refractivity contribution >= 4 is 24.0 Å². The maximum absolute atomic E-state index is 15.2. The monoisotopic (exact) mass is 594 g/mol. The fourth-order valence-corrected chi connectivity index (χ4v) is 4.55. The van der Waals surface area contributed by atoms with E-state index in [2.05, 4.69) is 20.8 Å². The molecule has 0 saturated carbocycles. The fourth-order valence-electron chi connectivity index (χ4n) is 4.55. The highest BCUT2D eigenvalue weighted by atomic mass is 19.1. The number of furan rings is 1. The average molecular weight is 595 g/mol. The van der Waals surface area contributed by atoms with E-state index in [1.807, 2.05) is 31.2 Å². The van der Waals surface area contributed by atoms with Crippen LogP contribution in [0.4, 0.5) is 14.9 Å². The largest absolute Gasteiger partial charge is 0.451 e. The van der Waals surface area contributed by atoms with Gasteiger partial charge >= 0.3 is 6.09 Å². The van der Waals surface area contributed by atoms with E-state index in [1.54, 1.807) is 68.4 Å². The van der Waals surface area contributed by atoms with Gasteiger partial charge < -0.3 is 19.3 Å². The van der Waals surface area contributed by atoms with Crippen LogP contribution in [0.15, 0.2) is 89.3 Å². The molecule has 0 aliphatic heterocycles. The number of nitrogens with one attached hydrogen (secondary N) is 3. The van der Waals surface area contributed by atoms with Gasteiger partial charge in [0, 0.05) is 16.8 Å². The minimum Gasteiger partial charge on any atom is -0.451 e. The highest BCUT2D eigenvalue weighted by Gasteiger charge is 2.19. The zero-order valence-corrected chi connectivity index (χ0v) is 24.4. The second-order valence-electron chi connectivity index (χ2n) is 10.6. The number of H-pyrrole nitrogens is 1. The minimum absolute atomic E-state index is 0.0721. The van der Waals surface area contributed by atoms with Gasteiger partial charge in [0.1, 0.15) is 17.9 Å². The van der Waals surface area contributed by atoms with Crippen LogP contribution >= 0.6 is 0 Å². The lowest BCUT2D eigenvalue weighted by Gasteiger charge is -2.12. The van der Waals surface area contributed by atoms with Crippen molar-refractivity contribution in [3.05, 3.63) is 108 Å². The van der Waals surface area contributed by atoms with E-state index in [0.717, 1.165) is 16.7 Å². The Labute approximate surface area is 253 Å². The first-order chi connectivity index (χ1) is 21.2. The fraction of sp³-hybridized carbons (Fsp3) is 0.176. The van der Waals surface area contributed by atoms with Crippen molar-refractivity contribution < 1.29 is 27.9 Å². The summed E-state index contributed by atoms with van der Waals surface area (Å²) in [6.45, 7) is 5.51. The first-order valence-electron chi connectivity index (χ1n) is 14.0. The maximum atomic E-state index is 15.2. The molecule has 44 heavy (non-hydrogen) atoms. The van der Waals surface area contributed by atoms with Gasteiger partial charge in [-0.15, -0.1) is 0 Å². The number of aromatic amines is 1. The van der Waals surface area contributed by atoms with Gasteiger partial charge in [-0.05, 0) is 80.8 Å². The molecule has 0 bridgehead atoms. The molecule has 0 unspecified atom stereocenters. The smallest absolute Gasteiger partial charge is 0.411 e. The van der Waals surface area contributed by atoms with Crippen molar-refractivity contribution in [2.75, 3.05) is 5.32 Å². The molecule has 5 aromatic rings. The first-order valence-corrected chi connectivity index (χ1v) is 14.0. The van der Waals surface area contributed by atoms with Gasteiger partial charge in [0.15, 0.2) is 5.76 Å². The molecule has 0 spiro atoms. The number of hydrogen-bond donors (Lipinski definition) is 3.